The minimum Gasteiger partial charge on any atom is -0.353 e. The second kappa shape index (κ2) is 7.09. The molecule has 6 rings (SSSR count). The zero-order chi connectivity index (χ0) is 20.2. The summed E-state index contributed by atoms with van der Waals surface area (Å²) in [5.74, 6) is 2.53. The Labute approximate surface area is 174 Å². The molecule has 1 aromatic rings. The van der Waals surface area contributed by atoms with Crippen molar-refractivity contribution in [3.63, 3.8) is 0 Å². The van der Waals surface area contributed by atoms with Crippen LogP contribution >= 0.6 is 0 Å². The first-order chi connectivity index (χ1) is 13.8. The molecule has 5 nitrogen and oxygen atoms in total. The number of piperidine rings is 1. The van der Waals surface area contributed by atoms with Crippen LogP contribution < -0.4 is 5.32 Å². The van der Waals surface area contributed by atoms with Crippen LogP contribution in [-0.4, -0.2) is 37.8 Å². The third-order valence-electron chi connectivity index (χ3n) is 7.97. The summed E-state index contributed by atoms with van der Waals surface area (Å²) in [5.41, 5.74) is 0.926. The molecule has 1 saturated heterocycles. The predicted molar refractivity (Wildman–Crippen MR) is 112 cm³/mol. The summed E-state index contributed by atoms with van der Waals surface area (Å²) < 4.78 is 27.4. The molecule has 4 bridgehead atoms. The molecule has 4 aliphatic carbocycles. The van der Waals surface area contributed by atoms with Gasteiger partial charge < -0.3 is 5.32 Å². The number of hydrogen-bond acceptors (Lipinski definition) is 3. The predicted octanol–water partition coefficient (Wildman–Crippen LogP) is 3.48. The number of aryl methyl sites for hydroxylation is 1. The zero-order valence-electron chi connectivity index (χ0n) is 17.3. The second-order valence-corrected chi connectivity index (χ2v) is 12.1. The summed E-state index contributed by atoms with van der Waals surface area (Å²) in [6, 6.07) is 7.15. The van der Waals surface area contributed by atoms with Gasteiger partial charge in [0, 0.05) is 24.5 Å². The van der Waals surface area contributed by atoms with Crippen molar-refractivity contribution in [3.05, 3.63) is 29.8 Å². The van der Waals surface area contributed by atoms with Gasteiger partial charge in [-0.2, -0.15) is 4.31 Å². The van der Waals surface area contributed by atoms with Gasteiger partial charge in [0.25, 0.3) is 0 Å². The van der Waals surface area contributed by atoms with Crippen molar-refractivity contribution in [2.75, 3.05) is 13.1 Å². The van der Waals surface area contributed by atoms with Crippen LogP contribution in [0.15, 0.2) is 29.2 Å². The van der Waals surface area contributed by atoms with E-state index in [1.165, 1.54) is 19.3 Å². The van der Waals surface area contributed by atoms with E-state index in [-0.39, 0.29) is 17.4 Å². The van der Waals surface area contributed by atoms with Gasteiger partial charge in [0.15, 0.2) is 0 Å². The molecule has 1 N–H and O–H groups in total. The van der Waals surface area contributed by atoms with Crippen LogP contribution in [0.1, 0.15) is 56.9 Å². The summed E-state index contributed by atoms with van der Waals surface area (Å²) in [5, 5.41) is 3.33. The smallest absolute Gasteiger partial charge is 0.243 e. The van der Waals surface area contributed by atoms with Crippen LogP contribution in [0.4, 0.5) is 0 Å². The summed E-state index contributed by atoms with van der Waals surface area (Å²) in [6.45, 7) is 2.90. The van der Waals surface area contributed by atoms with E-state index in [1.54, 1.807) is 16.4 Å². The Morgan fingerprint density at radius 3 is 2.00 bits per heavy atom. The van der Waals surface area contributed by atoms with Crippen molar-refractivity contribution in [1.29, 1.82) is 0 Å². The molecule has 0 atom stereocenters. The van der Waals surface area contributed by atoms with Gasteiger partial charge >= 0.3 is 0 Å². The number of rotatable bonds is 4. The molecular weight excluding hydrogens is 384 g/mol. The van der Waals surface area contributed by atoms with Crippen molar-refractivity contribution < 1.29 is 13.2 Å². The van der Waals surface area contributed by atoms with Gasteiger partial charge in [0.1, 0.15) is 0 Å². The van der Waals surface area contributed by atoms with E-state index in [0.717, 1.165) is 42.6 Å². The van der Waals surface area contributed by atoms with Crippen molar-refractivity contribution in [3.8, 4) is 0 Å². The third-order valence-corrected chi connectivity index (χ3v) is 9.88. The number of benzene rings is 1. The van der Waals surface area contributed by atoms with Gasteiger partial charge in [-0.25, -0.2) is 8.42 Å². The molecule has 5 fully saturated rings. The lowest BCUT2D eigenvalue weighted by Crippen LogP contribution is -2.56. The van der Waals surface area contributed by atoms with Crippen LogP contribution in [0.2, 0.25) is 0 Å². The first kappa shape index (κ1) is 19.6. The van der Waals surface area contributed by atoms with Crippen LogP contribution in [0, 0.1) is 30.1 Å². The minimum atomic E-state index is -3.45. The number of hydrogen-bond donors (Lipinski definition) is 1. The number of nitrogens with zero attached hydrogens (tertiary/aromatic N) is 1. The van der Waals surface area contributed by atoms with E-state index in [1.807, 2.05) is 19.1 Å². The standard InChI is InChI=1S/C23H32N2O3S/c1-16-2-4-21(5-3-16)29(27,28)25-8-6-20(7-9-25)24-22(26)23-13-17-10-18(14-23)12-19(11-17)15-23/h2-5,17-20H,6-15H2,1H3,(H,24,26). The molecule has 5 aliphatic rings. The highest BCUT2D eigenvalue weighted by molar-refractivity contribution is 7.89. The van der Waals surface area contributed by atoms with E-state index < -0.39 is 10.0 Å². The van der Waals surface area contributed by atoms with Gasteiger partial charge in [0.05, 0.1) is 4.90 Å². The summed E-state index contributed by atoms with van der Waals surface area (Å²) in [4.78, 5) is 13.6. The highest BCUT2D eigenvalue weighted by Gasteiger charge is 2.54. The fourth-order valence-corrected chi connectivity index (χ4v) is 8.30. The van der Waals surface area contributed by atoms with Gasteiger partial charge in [-0.3, -0.25) is 4.79 Å². The third kappa shape index (κ3) is 3.52. The molecule has 158 valence electrons. The summed E-state index contributed by atoms with van der Waals surface area (Å²) >= 11 is 0. The van der Waals surface area contributed by atoms with E-state index in [4.69, 9.17) is 0 Å². The number of carbonyl (C=O) groups is 1. The minimum absolute atomic E-state index is 0.0972. The SMILES string of the molecule is Cc1ccc(S(=O)(=O)N2CCC(NC(=O)C34CC5CC(CC(C5)C3)C4)CC2)cc1. The topological polar surface area (TPSA) is 66.5 Å². The summed E-state index contributed by atoms with van der Waals surface area (Å²) in [7, 11) is -3.45. The number of amides is 1. The maximum atomic E-state index is 13.3. The second-order valence-electron chi connectivity index (χ2n) is 10.2. The number of nitrogens with one attached hydrogen (secondary N) is 1. The highest BCUT2D eigenvalue weighted by Crippen LogP contribution is 2.60. The fraction of sp³-hybridized carbons (Fsp3) is 0.696. The van der Waals surface area contributed by atoms with Crippen molar-refractivity contribution >= 4 is 15.9 Å². The van der Waals surface area contributed by atoms with Crippen molar-refractivity contribution in [1.82, 2.24) is 9.62 Å². The average molecular weight is 417 g/mol. The van der Waals surface area contributed by atoms with Gasteiger partial charge in [0.2, 0.25) is 15.9 Å². The van der Waals surface area contributed by atoms with Crippen LogP contribution in [-0.2, 0) is 14.8 Å². The van der Waals surface area contributed by atoms with Crippen LogP contribution in [0.3, 0.4) is 0 Å². The Balaban J connectivity index is 1.20. The van der Waals surface area contributed by atoms with Gasteiger partial charge in [-0.1, -0.05) is 17.7 Å². The molecule has 1 aliphatic heterocycles. The lowest BCUT2D eigenvalue weighted by Gasteiger charge is -2.56. The van der Waals surface area contributed by atoms with Crippen molar-refractivity contribution in [2.45, 2.75) is 69.2 Å². The maximum Gasteiger partial charge on any atom is 0.243 e. The molecule has 0 aromatic heterocycles. The molecule has 6 heteroatoms. The Morgan fingerprint density at radius 1 is 0.966 bits per heavy atom. The normalized spacial score (nSPS) is 35.0. The van der Waals surface area contributed by atoms with Crippen LogP contribution in [0.25, 0.3) is 0 Å². The quantitative estimate of drug-likeness (QED) is 0.817. The monoisotopic (exact) mass is 416 g/mol. The summed E-state index contributed by atoms with van der Waals surface area (Å²) in [6.07, 6.45) is 8.63. The molecule has 1 aromatic carbocycles. The zero-order valence-corrected chi connectivity index (χ0v) is 18.1. The number of carbonyl (C=O) groups excluding carboxylic acids is 1. The lowest BCUT2D eigenvalue weighted by atomic mass is 9.49. The van der Waals surface area contributed by atoms with Crippen molar-refractivity contribution in [2.24, 2.45) is 23.2 Å². The molecule has 4 saturated carbocycles. The first-order valence-electron chi connectivity index (χ1n) is 11.2. The molecular formula is C23H32N2O3S. The largest absolute Gasteiger partial charge is 0.353 e. The first-order valence-corrected chi connectivity index (χ1v) is 12.7. The molecule has 29 heavy (non-hydrogen) atoms. The highest BCUT2D eigenvalue weighted by atomic mass is 32.2. The number of sulfonamides is 1. The Kier molecular flexibility index (Phi) is 4.78. The molecule has 0 spiro atoms. The molecule has 1 amide bonds. The Bertz CT molecular complexity index is 850. The molecule has 0 unspecified atom stereocenters. The van der Waals surface area contributed by atoms with Gasteiger partial charge in [-0.15, -0.1) is 0 Å². The Morgan fingerprint density at radius 2 is 1.48 bits per heavy atom. The van der Waals surface area contributed by atoms with E-state index >= 15 is 0 Å². The van der Waals surface area contributed by atoms with Gasteiger partial charge in [-0.05, 0) is 88.2 Å². The van der Waals surface area contributed by atoms with Crippen LogP contribution in [0.5, 0.6) is 0 Å². The Hall–Kier alpha value is -1.40. The maximum absolute atomic E-state index is 13.3. The molecule has 1 heterocycles. The van der Waals surface area contributed by atoms with E-state index in [0.29, 0.717) is 30.8 Å². The fourth-order valence-electron chi connectivity index (χ4n) is 6.83. The van der Waals surface area contributed by atoms with E-state index in [2.05, 4.69) is 5.32 Å². The lowest BCUT2D eigenvalue weighted by molar-refractivity contribution is -0.147. The van der Waals surface area contributed by atoms with E-state index in [9.17, 15) is 13.2 Å². The average Bonchev–Trinajstić information content (AvgIpc) is 2.68. The molecule has 0 radical (unpaired) electrons.